The maximum atomic E-state index is 12.1. The number of pyridine rings is 1. The summed E-state index contributed by atoms with van der Waals surface area (Å²) in [5, 5.41) is 14.8. The zero-order chi connectivity index (χ0) is 14.8. The Hall–Kier alpha value is -2.42. The van der Waals surface area contributed by atoms with Crippen molar-refractivity contribution < 1.29 is 18.3 Å². The number of aryl methyl sites for hydroxylation is 1. The molecule has 0 atom stereocenters. The molecule has 0 spiro atoms. The van der Waals surface area contributed by atoms with E-state index in [9.17, 15) is 13.2 Å². The molecule has 2 rings (SSSR count). The van der Waals surface area contributed by atoms with E-state index in [0.29, 0.717) is 11.4 Å². The third-order valence-electron chi connectivity index (χ3n) is 2.48. The largest absolute Gasteiger partial charge is 0.481 e. The molecule has 0 aliphatic heterocycles. The highest BCUT2D eigenvalue weighted by molar-refractivity contribution is 7.92. The summed E-state index contributed by atoms with van der Waals surface area (Å²) in [4.78, 5) is 14.4. The van der Waals surface area contributed by atoms with Gasteiger partial charge >= 0.3 is 5.97 Å². The van der Waals surface area contributed by atoms with E-state index in [1.54, 1.807) is 6.92 Å². The van der Waals surface area contributed by atoms with Crippen LogP contribution in [-0.4, -0.2) is 34.7 Å². The third kappa shape index (κ3) is 3.12. The molecule has 0 fully saturated rings. The highest BCUT2D eigenvalue weighted by atomic mass is 32.2. The fourth-order valence-electron chi connectivity index (χ4n) is 1.57. The molecule has 0 radical (unpaired) electrons. The fraction of sp³-hybridized carbons (Fsp3) is 0.182. The van der Waals surface area contributed by atoms with E-state index in [1.807, 2.05) is 0 Å². The fourth-order valence-corrected chi connectivity index (χ4v) is 2.75. The van der Waals surface area contributed by atoms with Crippen LogP contribution in [0.5, 0.6) is 0 Å². The van der Waals surface area contributed by atoms with Crippen molar-refractivity contribution in [2.24, 2.45) is 0 Å². The number of aromatic amines is 1. The lowest BCUT2D eigenvalue weighted by Crippen LogP contribution is -2.13. The summed E-state index contributed by atoms with van der Waals surface area (Å²) in [7, 11) is -3.74. The van der Waals surface area contributed by atoms with Crippen molar-refractivity contribution in [3.8, 4) is 0 Å². The first kappa shape index (κ1) is 14.0. The van der Waals surface area contributed by atoms with Gasteiger partial charge in [0.1, 0.15) is 4.90 Å². The number of anilines is 1. The normalized spacial score (nSPS) is 11.2. The van der Waals surface area contributed by atoms with Crippen LogP contribution in [0.1, 0.15) is 11.4 Å². The van der Waals surface area contributed by atoms with E-state index in [4.69, 9.17) is 5.11 Å². The molecule has 9 heteroatoms. The number of hydrogen-bond acceptors (Lipinski definition) is 5. The Kier molecular flexibility index (Phi) is 3.70. The van der Waals surface area contributed by atoms with E-state index in [-0.39, 0.29) is 17.0 Å². The van der Waals surface area contributed by atoms with Gasteiger partial charge in [-0.15, -0.1) is 0 Å². The zero-order valence-electron chi connectivity index (χ0n) is 10.5. The molecule has 0 bridgehead atoms. The Labute approximate surface area is 114 Å². The van der Waals surface area contributed by atoms with Crippen LogP contribution in [-0.2, 0) is 21.2 Å². The van der Waals surface area contributed by atoms with Gasteiger partial charge in [0.05, 0.1) is 35.9 Å². The number of sulfonamides is 1. The standard InChI is InChI=1S/C11H12N4O4S/c1-7-10(6-13-14-7)20(18,19)15-9-3-2-8(12-5-9)4-11(16)17/h2-3,5-6,15H,4H2,1H3,(H,13,14)(H,16,17). The monoisotopic (exact) mass is 296 g/mol. The number of aromatic nitrogens is 3. The van der Waals surface area contributed by atoms with Gasteiger partial charge in [-0.1, -0.05) is 0 Å². The molecular formula is C11H12N4O4S. The summed E-state index contributed by atoms with van der Waals surface area (Å²) in [6.07, 6.45) is 2.27. The molecule has 0 aromatic carbocycles. The SMILES string of the molecule is Cc1[nH]ncc1S(=O)(=O)Nc1ccc(CC(=O)O)nc1. The van der Waals surface area contributed by atoms with Crippen LogP contribution in [0.15, 0.2) is 29.4 Å². The predicted octanol–water partition coefficient (Wildman–Crippen LogP) is 0.541. The highest BCUT2D eigenvalue weighted by Crippen LogP contribution is 2.17. The Morgan fingerprint density at radius 3 is 2.65 bits per heavy atom. The maximum Gasteiger partial charge on any atom is 0.309 e. The Balaban J connectivity index is 2.18. The Morgan fingerprint density at radius 2 is 2.15 bits per heavy atom. The van der Waals surface area contributed by atoms with Gasteiger partial charge in [-0.05, 0) is 19.1 Å². The summed E-state index contributed by atoms with van der Waals surface area (Å²) >= 11 is 0. The van der Waals surface area contributed by atoms with E-state index in [0.717, 1.165) is 0 Å². The molecular weight excluding hydrogens is 284 g/mol. The number of carboxylic acid groups (broad SMARTS) is 1. The molecule has 0 saturated heterocycles. The topological polar surface area (TPSA) is 125 Å². The first-order chi connectivity index (χ1) is 9.38. The molecule has 8 nitrogen and oxygen atoms in total. The van der Waals surface area contributed by atoms with Crippen LogP contribution in [0.25, 0.3) is 0 Å². The molecule has 3 N–H and O–H groups in total. The van der Waals surface area contributed by atoms with Crippen LogP contribution >= 0.6 is 0 Å². The molecule has 0 amide bonds. The zero-order valence-corrected chi connectivity index (χ0v) is 11.3. The van der Waals surface area contributed by atoms with Crippen LogP contribution < -0.4 is 4.72 Å². The minimum atomic E-state index is -3.74. The molecule has 0 aliphatic rings. The third-order valence-corrected chi connectivity index (χ3v) is 3.98. The van der Waals surface area contributed by atoms with Gasteiger partial charge in [-0.3, -0.25) is 19.6 Å². The number of H-pyrrole nitrogens is 1. The molecule has 2 aromatic heterocycles. The van der Waals surface area contributed by atoms with Crippen LogP contribution in [0.4, 0.5) is 5.69 Å². The lowest BCUT2D eigenvalue weighted by Gasteiger charge is -2.07. The minimum Gasteiger partial charge on any atom is -0.481 e. The summed E-state index contributed by atoms with van der Waals surface area (Å²) in [5.41, 5.74) is 1.02. The van der Waals surface area contributed by atoms with Gasteiger partial charge in [0.2, 0.25) is 0 Å². The van der Waals surface area contributed by atoms with Gasteiger partial charge in [-0.25, -0.2) is 8.42 Å². The minimum absolute atomic E-state index is 0.0483. The lowest BCUT2D eigenvalue weighted by atomic mass is 10.3. The molecule has 0 unspecified atom stereocenters. The summed E-state index contributed by atoms with van der Waals surface area (Å²) in [6, 6.07) is 2.91. The van der Waals surface area contributed by atoms with Gasteiger partial charge in [0, 0.05) is 0 Å². The van der Waals surface area contributed by atoms with Gasteiger partial charge in [0.25, 0.3) is 10.0 Å². The average molecular weight is 296 g/mol. The molecule has 0 saturated carbocycles. The number of rotatable bonds is 5. The lowest BCUT2D eigenvalue weighted by molar-refractivity contribution is -0.136. The number of carboxylic acids is 1. The summed E-state index contributed by atoms with van der Waals surface area (Å²) in [6.45, 7) is 1.59. The second-order valence-corrected chi connectivity index (χ2v) is 5.72. The van der Waals surface area contributed by atoms with Crippen molar-refractivity contribution in [3.63, 3.8) is 0 Å². The molecule has 106 valence electrons. The van der Waals surface area contributed by atoms with Gasteiger partial charge in [-0.2, -0.15) is 5.10 Å². The Morgan fingerprint density at radius 1 is 1.40 bits per heavy atom. The smallest absolute Gasteiger partial charge is 0.309 e. The van der Waals surface area contributed by atoms with E-state index in [2.05, 4.69) is 19.9 Å². The molecule has 20 heavy (non-hydrogen) atoms. The highest BCUT2D eigenvalue weighted by Gasteiger charge is 2.18. The average Bonchev–Trinajstić information content (AvgIpc) is 2.78. The van der Waals surface area contributed by atoms with E-state index >= 15 is 0 Å². The molecule has 2 aromatic rings. The second kappa shape index (κ2) is 5.29. The number of carbonyl (C=O) groups is 1. The van der Waals surface area contributed by atoms with E-state index in [1.165, 1.54) is 24.5 Å². The van der Waals surface area contributed by atoms with Crippen molar-refractivity contribution in [3.05, 3.63) is 35.9 Å². The number of hydrogen-bond donors (Lipinski definition) is 3. The van der Waals surface area contributed by atoms with E-state index < -0.39 is 16.0 Å². The van der Waals surface area contributed by atoms with Crippen LogP contribution in [0.2, 0.25) is 0 Å². The van der Waals surface area contributed by atoms with Crippen LogP contribution in [0.3, 0.4) is 0 Å². The van der Waals surface area contributed by atoms with Crippen molar-refractivity contribution in [2.75, 3.05) is 4.72 Å². The molecule has 0 aliphatic carbocycles. The predicted molar refractivity (Wildman–Crippen MR) is 69.7 cm³/mol. The molecule has 2 heterocycles. The van der Waals surface area contributed by atoms with Crippen molar-refractivity contribution in [1.82, 2.24) is 15.2 Å². The second-order valence-electron chi connectivity index (χ2n) is 4.07. The van der Waals surface area contributed by atoms with Gasteiger partial charge in [0.15, 0.2) is 0 Å². The number of nitrogens with zero attached hydrogens (tertiary/aromatic N) is 2. The summed E-state index contributed by atoms with van der Waals surface area (Å²) in [5.74, 6) is -1.00. The van der Waals surface area contributed by atoms with Gasteiger partial charge < -0.3 is 5.11 Å². The van der Waals surface area contributed by atoms with Crippen molar-refractivity contribution >= 4 is 21.7 Å². The maximum absolute atomic E-state index is 12.1. The van der Waals surface area contributed by atoms with Crippen molar-refractivity contribution in [2.45, 2.75) is 18.2 Å². The van der Waals surface area contributed by atoms with Crippen LogP contribution in [0, 0.1) is 6.92 Å². The quantitative estimate of drug-likeness (QED) is 0.739. The number of nitrogens with one attached hydrogen (secondary N) is 2. The van der Waals surface area contributed by atoms with Crippen molar-refractivity contribution in [1.29, 1.82) is 0 Å². The Bertz CT molecular complexity index is 721. The first-order valence-electron chi connectivity index (χ1n) is 5.58. The first-order valence-corrected chi connectivity index (χ1v) is 7.06. The summed E-state index contributed by atoms with van der Waals surface area (Å²) < 4.78 is 26.5. The number of aliphatic carboxylic acids is 1.